The topological polar surface area (TPSA) is 74.0 Å². The molecule has 0 unspecified atom stereocenters. The minimum Gasteiger partial charge on any atom is -0.496 e. The Kier molecular flexibility index (Phi) is 4.12. The quantitative estimate of drug-likeness (QED) is 0.545. The zero-order valence-electron chi connectivity index (χ0n) is 16.4. The summed E-state index contributed by atoms with van der Waals surface area (Å²) >= 11 is 0. The third-order valence-corrected chi connectivity index (χ3v) is 5.77. The number of nitrogens with one attached hydrogen (secondary N) is 2. The molecule has 3 heterocycles. The van der Waals surface area contributed by atoms with Crippen LogP contribution in [0.5, 0.6) is 5.75 Å². The summed E-state index contributed by atoms with van der Waals surface area (Å²) in [4.78, 5) is 18.4. The maximum atomic E-state index is 13.2. The molecule has 0 radical (unpaired) electrons. The van der Waals surface area contributed by atoms with Gasteiger partial charge < -0.3 is 14.6 Å². The van der Waals surface area contributed by atoms with Gasteiger partial charge in [-0.1, -0.05) is 36.4 Å². The summed E-state index contributed by atoms with van der Waals surface area (Å²) in [6, 6.07) is 15.9. The number of amides is 1. The predicted octanol–water partition coefficient (Wildman–Crippen LogP) is 4.00. The molecule has 29 heavy (non-hydrogen) atoms. The Morgan fingerprint density at radius 2 is 1.93 bits per heavy atom. The maximum Gasteiger partial charge on any atom is 0.275 e. The van der Waals surface area contributed by atoms with E-state index in [2.05, 4.69) is 27.3 Å². The molecule has 146 valence electrons. The van der Waals surface area contributed by atoms with Crippen LogP contribution in [-0.4, -0.2) is 39.6 Å². The van der Waals surface area contributed by atoms with Crippen molar-refractivity contribution in [1.82, 2.24) is 20.1 Å². The Morgan fingerprint density at radius 3 is 2.79 bits per heavy atom. The van der Waals surface area contributed by atoms with E-state index in [1.165, 1.54) is 10.9 Å². The van der Waals surface area contributed by atoms with Crippen LogP contribution in [0.2, 0.25) is 0 Å². The zero-order chi connectivity index (χ0) is 20.0. The molecule has 0 aliphatic carbocycles. The Hall–Kier alpha value is -3.54. The molecule has 1 aliphatic heterocycles. The van der Waals surface area contributed by atoms with Gasteiger partial charge >= 0.3 is 0 Å². The minimum absolute atomic E-state index is 0.0416. The summed E-state index contributed by atoms with van der Waals surface area (Å²) in [7, 11) is 1.66. The summed E-state index contributed by atoms with van der Waals surface area (Å²) in [6.07, 6.45) is 2.79. The fraction of sp³-hybridized carbons (Fsp3) is 0.217. The first-order valence-electron chi connectivity index (χ1n) is 9.72. The monoisotopic (exact) mass is 386 g/mol. The number of methoxy groups -OCH3 is 1. The number of aromatic nitrogens is 3. The summed E-state index contributed by atoms with van der Waals surface area (Å²) in [5, 5.41) is 8.47. The van der Waals surface area contributed by atoms with Crippen LogP contribution in [0, 0.1) is 6.92 Å². The molecule has 6 heteroatoms. The molecule has 1 aliphatic rings. The SMILES string of the molecule is COc1ccccc1[C@@H]1c2c(n[nH]c2C)C(=O)N1CCc1c[nH]c2ccccc12. The molecule has 0 saturated carbocycles. The average molecular weight is 386 g/mol. The molecule has 2 N–H and O–H groups in total. The lowest BCUT2D eigenvalue weighted by molar-refractivity contribution is 0.0744. The first-order valence-corrected chi connectivity index (χ1v) is 9.72. The highest BCUT2D eigenvalue weighted by Crippen LogP contribution is 2.42. The smallest absolute Gasteiger partial charge is 0.275 e. The molecule has 6 nitrogen and oxygen atoms in total. The number of hydrogen-bond donors (Lipinski definition) is 2. The number of H-pyrrole nitrogens is 2. The van der Waals surface area contributed by atoms with Crippen LogP contribution in [0.15, 0.2) is 54.7 Å². The van der Waals surface area contributed by atoms with E-state index in [9.17, 15) is 4.79 Å². The number of benzene rings is 2. The van der Waals surface area contributed by atoms with Crippen molar-refractivity contribution in [3.05, 3.63) is 82.8 Å². The zero-order valence-corrected chi connectivity index (χ0v) is 16.4. The van der Waals surface area contributed by atoms with E-state index >= 15 is 0 Å². The van der Waals surface area contributed by atoms with E-state index in [1.807, 2.05) is 54.4 Å². The largest absolute Gasteiger partial charge is 0.496 e. The molecular formula is C23H22N4O2. The van der Waals surface area contributed by atoms with Gasteiger partial charge in [-0.05, 0) is 31.0 Å². The molecule has 1 atom stereocenters. The van der Waals surface area contributed by atoms with Crippen LogP contribution >= 0.6 is 0 Å². The molecule has 0 bridgehead atoms. The number of carbonyl (C=O) groups excluding carboxylic acids is 1. The molecule has 0 fully saturated rings. The number of hydrogen-bond acceptors (Lipinski definition) is 3. The highest BCUT2D eigenvalue weighted by Gasteiger charge is 2.42. The number of fused-ring (bicyclic) bond motifs is 2. The van der Waals surface area contributed by atoms with Crippen LogP contribution in [0.1, 0.15) is 38.9 Å². The summed E-state index contributed by atoms with van der Waals surface area (Å²) in [5.74, 6) is 0.732. The lowest BCUT2D eigenvalue weighted by Crippen LogP contribution is -2.31. The predicted molar refractivity (Wildman–Crippen MR) is 111 cm³/mol. The second-order valence-electron chi connectivity index (χ2n) is 7.36. The fourth-order valence-electron chi connectivity index (χ4n) is 4.37. The van der Waals surface area contributed by atoms with Gasteiger partial charge in [0.15, 0.2) is 5.69 Å². The third kappa shape index (κ3) is 2.71. The molecule has 5 rings (SSSR count). The van der Waals surface area contributed by atoms with Gasteiger partial charge in [-0.2, -0.15) is 5.10 Å². The van der Waals surface area contributed by atoms with Crippen LogP contribution in [-0.2, 0) is 6.42 Å². The highest BCUT2D eigenvalue weighted by atomic mass is 16.5. The van der Waals surface area contributed by atoms with Crippen LogP contribution in [0.3, 0.4) is 0 Å². The number of nitrogens with zero attached hydrogens (tertiary/aromatic N) is 2. The van der Waals surface area contributed by atoms with Crippen molar-refractivity contribution >= 4 is 16.8 Å². The number of para-hydroxylation sites is 2. The summed E-state index contributed by atoms with van der Waals surface area (Å²) in [5.41, 5.74) is 5.66. The van der Waals surface area contributed by atoms with Gasteiger partial charge in [-0.3, -0.25) is 9.89 Å². The second-order valence-corrected chi connectivity index (χ2v) is 7.36. The first-order chi connectivity index (χ1) is 14.2. The van der Waals surface area contributed by atoms with E-state index in [-0.39, 0.29) is 11.9 Å². The van der Waals surface area contributed by atoms with Crippen LogP contribution < -0.4 is 4.74 Å². The number of ether oxygens (including phenoxy) is 1. The van der Waals surface area contributed by atoms with Gasteiger partial charge in [-0.15, -0.1) is 0 Å². The van der Waals surface area contributed by atoms with Crippen molar-refractivity contribution in [2.75, 3.05) is 13.7 Å². The Bertz CT molecular complexity index is 1210. The number of aryl methyl sites for hydroxylation is 1. The second kappa shape index (κ2) is 6.81. The van der Waals surface area contributed by atoms with Gasteiger partial charge in [0, 0.05) is 40.5 Å². The fourth-order valence-corrected chi connectivity index (χ4v) is 4.37. The summed E-state index contributed by atoms with van der Waals surface area (Å²) in [6.45, 7) is 2.56. The third-order valence-electron chi connectivity index (χ3n) is 5.77. The molecule has 2 aromatic carbocycles. The van der Waals surface area contributed by atoms with Crippen LogP contribution in [0.25, 0.3) is 10.9 Å². The van der Waals surface area contributed by atoms with Crippen molar-refractivity contribution in [2.24, 2.45) is 0 Å². The molecule has 4 aromatic rings. The number of rotatable bonds is 5. The van der Waals surface area contributed by atoms with Gasteiger partial charge in [-0.25, -0.2) is 0 Å². The highest BCUT2D eigenvalue weighted by molar-refractivity contribution is 5.98. The maximum absolute atomic E-state index is 13.2. The average Bonchev–Trinajstić information content (AvgIpc) is 3.41. The minimum atomic E-state index is -0.211. The Morgan fingerprint density at radius 1 is 1.14 bits per heavy atom. The van der Waals surface area contributed by atoms with Gasteiger partial charge in [0.05, 0.1) is 13.2 Å². The molecule has 2 aromatic heterocycles. The lowest BCUT2D eigenvalue weighted by Gasteiger charge is -2.27. The van der Waals surface area contributed by atoms with E-state index in [4.69, 9.17) is 4.74 Å². The van der Waals surface area contributed by atoms with E-state index in [0.29, 0.717) is 12.2 Å². The van der Waals surface area contributed by atoms with Crippen molar-refractivity contribution in [1.29, 1.82) is 0 Å². The molecule has 1 amide bonds. The standard InChI is InChI=1S/C23H22N4O2/c1-14-20-21(26-25-14)23(28)27(22(20)17-8-4-6-10-19(17)29-2)12-11-15-13-24-18-9-5-3-7-16(15)18/h3-10,13,22,24H,11-12H2,1-2H3,(H,25,26)/t22-/m1/s1. The van der Waals surface area contributed by atoms with Crippen molar-refractivity contribution < 1.29 is 9.53 Å². The number of aromatic amines is 2. The summed E-state index contributed by atoms with van der Waals surface area (Å²) < 4.78 is 5.61. The lowest BCUT2D eigenvalue weighted by atomic mass is 9.98. The van der Waals surface area contributed by atoms with Crippen molar-refractivity contribution in [3.8, 4) is 5.75 Å². The Labute approximate surface area is 168 Å². The molecule has 0 spiro atoms. The van der Waals surface area contributed by atoms with E-state index in [1.54, 1.807) is 7.11 Å². The van der Waals surface area contributed by atoms with Crippen molar-refractivity contribution in [2.45, 2.75) is 19.4 Å². The Balaban J connectivity index is 1.53. The van der Waals surface area contributed by atoms with Gasteiger partial charge in [0.2, 0.25) is 0 Å². The first kappa shape index (κ1) is 17.6. The van der Waals surface area contributed by atoms with Gasteiger partial charge in [0.25, 0.3) is 5.91 Å². The van der Waals surface area contributed by atoms with Crippen LogP contribution in [0.4, 0.5) is 0 Å². The normalized spacial score (nSPS) is 15.9. The van der Waals surface area contributed by atoms with Gasteiger partial charge in [0.1, 0.15) is 5.75 Å². The van der Waals surface area contributed by atoms with E-state index < -0.39 is 0 Å². The number of carbonyl (C=O) groups is 1. The van der Waals surface area contributed by atoms with E-state index in [0.717, 1.165) is 34.5 Å². The molecular weight excluding hydrogens is 364 g/mol. The van der Waals surface area contributed by atoms with Crippen molar-refractivity contribution in [3.63, 3.8) is 0 Å². The molecule has 0 saturated heterocycles.